The Balaban J connectivity index is 2.19. The number of esters is 1. The molecule has 3 nitrogen and oxygen atoms in total. The summed E-state index contributed by atoms with van der Waals surface area (Å²) in [6.45, 7) is 1.47. The van der Waals surface area contributed by atoms with E-state index < -0.39 is 23.8 Å². The Morgan fingerprint density at radius 2 is 1.92 bits per heavy atom. The largest absolute Gasteiger partial charge is 0.475 e. The summed E-state index contributed by atoms with van der Waals surface area (Å²) in [7, 11) is 0. The molecule has 0 fully saturated rings. The van der Waals surface area contributed by atoms with Gasteiger partial charge < -0.3 is 9.47 Å². The number of ether oxygens (including phenoxy) is 2. The van der Waals surface area contributed by atoms with E-state index >= 15 is 0 Å². The Morgan fingerprint density at radius 1 is 1.23 bits per heavy atom. The molecule has 0 N–H and O–H groups in total. The SMILES string of the molecule is CCOC(=O)C1=Cc2cc(Cl)cc(-c3ccccc3)c2OC1C(F)(F)F. The summed E-state index contributed by atoms with van der Waals surface area (Å²) >= 11 is 6.12. The third-order valence-electron chi connectivity index (χ3n) is 3.80. The summed E-state index contributed by atoms with van der Waals surface area (Å²) in [6, 6.07) is 11.8. The molecule has 0 aliphatic carbocycles. The molecule has 1 aliphatic rings. The number of carbonyl (C=O) groups excluding carboxylic acids is 1. The minimum Gasteiger partial charge on any atom is -0.475 e. The fraction of sp³-hybridized carbons (Fsp3) is 0.211. The maximum Gasteiger partial charge on any atom is 0.430 e. The number of hydrogen-bond donors (Lipinski definition) is 0. The van der Waals surface area contributed by atoms with Crippen LogP contribution in [0.4, 0.5) is 13.2 Å². The van der Waals surface area contributed by atoms with Gasteiger partial charge in [0.25, 0.3) is 0 Å². The minimum absolute atomic E-state index is 0.0240. The van der Waals surface area contributed by atoms with Gasteiger partial charge in [0.2, 0.25) is 6.10 Å². The molecule has 7 heteroatoms. The van der Waals surface area contributed by atoms with Crippen molar-refractivity contribution in [2.24, 2.45) is 0 Å². The van der Waals surface area contributed by atoms with E-state index in [1.54, 1.807) is 30.3 Å². The Bertz CT molecular complexity index is 860. The molecule has 0 spiro atoms. The zero-order valence-corrected chi connectivity index (χ0v) is 14.4. The van der Waals surface area contributed by atoms with Crippen LogP contribution in [0.2, 0.25) is 5.02 Å². The third kappa shape index (κ3) is 3.55. The van der Waals surface area contributed by atoms with Gasteiger partial charge >= 0.3 is 12.1 Å². The number of rotatable bonds is 3. The van der Waals surface area contributed by atoms with Crippen molar-refractivity contribution >= 4 is 23.6 Å². The van der Waals surface area contributed by atoms with Crippen molar-refractivity contribution in [3.8, 4) is 16.9 Å². The maximum atomic E-state index is 13.5. The zero-order valence-electron chi connectivity index (χ0n) is 13.6. The normalized spacial score (nSPS) is 16.3. The highest BCUT2D eigenvalue weighted by molar-refractivity contribution is 6.31. The van der Waals surface area contributed by atoms with Crippen molar-refractivity contribution in [3.63, 3.8) is 0 Å². The zero-order chi connectivity index (χ0) is 18.9. The highest BCUT2D eigenvalue weighted by Crippen LogP contribution is 2.44. The molecule has 26 heavy (non-hydrogen) atoms. The Hall–Kier alpha value is -2.47. The first-order valence-electron chi connectivity index (χ1n) is 7.82. The molecule has 0 saturated carbocycles. The van der Waals surface area contributed by atoms with Crippen molar-refractivity contribution in [1.82, 2.24) is 0 Å². The Labute approximate surface area is 153 Å². The summed E-state index contributed by atoms with van der Waals surface area (Å²) in [4.78, 5) is 12.0. The second-order valence-electron chi connectivity index (χ2n) is 5.60. The van der Waals surface area contributed by atoms with Gasteiger partial charge in [-0.25, -0.2) is 4.79 Å². The molecule has 3 rings (SSSR count). The van der Waals surface area contributed by atoms with E-state index in [1.807, 2.05) is 0 Å². The van der Waals surface area contributed by atoms with Crippen molar-refractivity contribution < 1.29 is 27.4 Å². The first kappa shape index (κ1) is 18.3. The predicted octanol–water partition coefficient (Wildman–Crippen LogP) is 5.28. The van der Waals surface area contributed by atoms with E-state index in [4.69, 9.17) is 21.1 Å². The topological polar surface area (TPSA) is 35.5 Å². The predicted molar refractivity (Wildman–Crippen MR) is 92.0 cm³/mol. The van der Waals surface area contributed by atoms with Crippen LogP contribution in [-0.4, -0.2) is 24.9 Å². The van der Waals surface area contributed by atoms with E-state index in [0.29, 0.717) is 21.7 Å². The molecule has 136 valence electrons. The molecule has 2 aromatic rings. The van der Waals surface area contributed by atoms with Crippen LogP contribution in [0.3, 0.4) is 0 Å². The van der Waals surface area contributed by atoms with Gasteiger partial charge in [-0.15, -0.1) is 0 Å². The van der Waals surface area contributed by atoms with Crippen molar-refractivity contribution in [2.75, 3.05) is 6.61 Å². The van der Waals surface area contributed by atoms with E-state index in [1.165, 1.54) is 19.1 Å². The number of alkyl halides is 3. The van der Waals surface area contributed by atoms with Crippen molar-refractivity contribution in [2.45, 2.75) is 19.2 Å². The third-order valence-corrected chi connectivity index (χ3v) is 4.02. The number of fused-ring (bicyclic) bond motifs is 1. The van der Waals surface area contributed by atoms with Gasteiger partial charge in [-0.3, -0.25) is 0 Å². The number of carbonyl (C=O) groups is 1. The fourth-order valence-corrected chi connectivity index (χ4v) is 2.96. The molecule has 1 atom stereocenters. The van der Waals surface area contributed by atoms with Gasteiger partial charge in [0, 0.05) is 16.1 Å². The van der Waals surface area contributed by atoms with Crippen LogP contribution in [0.25, 0.3) is 17.2 Å². The lowest BCUT2D eigenvalue weighted by Gasteiger charge is -2.29. The van der Waals surface area contributed by atoms with Crippen LogP contribution in [0.5, 0.6) is 5.75 Å². The van der Waals surface area contributed by atoms with Gasteiger partial charge in [0.15, 0.2) is 0 Å². The summed E-state index contributed by atoms with van der Waals surface area (Å²) in [5, 5.41) is 0.316. The molecule has 0 amide bonds. The molecule has 1 aliphatic heterocycles. The number of hydrogen-bond acceptors (Lipinski definition) is 3. The second kappa shape index (κ2) is 7.03. The lowest BCUT2D eigenvalue weighted by Crippen LogP contribution is -2.41. The average Bonchev–Trinajstić information content (AvgIpc) is 2.60. The van der Waals surface area contributed by atoms with Crippen LogP contribution in [0, 0.1) is 0 Å². The average molecular weight is 383 g/mol. The van der Waals surface area contributed by atoms with E-state index in [9.17, 15) is 18.0 Å². The van der Waals surface area contributed by atoms with E-state index in [2.05, 4.69) is 0 Å². The molecular formula is C19H14ClF3O3. The van der Waals surface area contributed by atoms with Gasteiger partial charge in [-0.05, 0) is 30.7 Å². The van der Waals surface area contributed by atoms with Gasteiger partial charge in [-0.1, -0.05) is 41.9 Å². The Kier molecular flexibility index (Phi) is 4.96. The maximum absolute atomic E-state index is 13.5. The quantitative estimate of drug-likeness (QED) is 0.678. The van der Waals surface area contributed by atoms with E-state index in [0.717, 1.165) is 6.08 Å². The molecule has 2 aromatic carbocycles. The first-order valence-corrected chi connectivity index (χ1v) is 8.20. The molecular weight excluding hydrogens is 369 g/mol. The van der Waals surface area contributed by atoms with Crippen molar-refractivity contribution in [1.29, 1.82) is 0 Å². The molecule has 0 aromatic heterocycles. The summed E-state index contributed by atoms with van der Waals surface area (Å²) in [5.41, 5.74) is 0.759. The molecule has 0 saturated heterocycles. The van der Waals surface area contributed by atoms with Gasteiger partial charge in [-0.2, -0.15) is 13.2 Å². The standard InChI is InChI=1S/C19H14ClF3O3/c1-2-25-18(24)15-9-12-8-13(20)10-14(11-6-4-3-5-7-11)16(12)26-17(15)19(21,22)23/h3-10,17H,2H2,1H3. The second-order valence-corrected chi connectivity index (χ2v) is 6.03. The van der Waals surface area contributed by atoms with Crippen molar-refractivity contribution in [3.05, 3.63) is 58.6 Å². The Morgan fingerprint density at radius 3 is 2.54 bits per heavy atom. The molecule has 1 unspecified atom stereocenters. The number of benzene rings is 2. The minimum atomic E-state index is -4.77. The first-order chi connectivity index (χ1) is 12.3. The highest BCUT2D eigenvalue weighted by Gasteiger charge is 2.49. The van der Waals surface area contributed by atoms with Gasteiger partial charge in [0.1, 0.15) is 5.75 Å². The lowest BCUT2D eigenvalue weighted by atomic mass is 9.96. The van der Waals surface area contributed by atoms with E-state index in [-0.39, 0.29) is 12.4 Å². The molecule has 0 radical (unpaired) electrons. The molecule has 0 bridgehead atoms. The van der Waals surface area contributed by atoms with Crippen LogP contribution in [-0.2, 0) is 9.53 Å². The van der Waals surface area contributed by atoms with Crippen LogP contribution in [0.15, 0.2) is 48.0 Å². The van der Waals surface area contributed by atoms with Crippen LogP contribution < -0.4 is 4.74 Å². The smallest absolute Gasteiger partial charge is 0.430 e. The fourth-order valence-electron chi connectivity index (χ4n) is 2.73. The monoisotopic (exact) mass is 382 g/mol. The summed E-state index contributed by atoms with van der Waals surface area (Å²) in [6.07, 6.45) is -6.05. The van der Waals surface area contributed by atoms with Crippen LogP contribution in [0.1, 0.15) is 12.5 Å². The summed E-state index contributed by atoms with van der Waals surface area (Å²) < 4.78 is 50.5. The highest BCUT2D eigenvalue weighted by atomic mass is 35.5. The molecule has 1 heterocycles. The summed E-state index contributed by atoms with van der Waals surface area (Å²) in [5.74, 6) is -1.04. The number of halogens is 4. The van der Waals surface area contributed by atoms with Crippen LogP contribution >= 0.6 is 11.6 Å². The lowest BCUT2D eigenvalue weighted by molar-refractivity contribution is -0.187. The van der Waals surface area contributed by atoms with Gasteiger partial charge in [0.05, 0.1) is 12.2 Å².